The lowest BCUT2D eigenvalue weighted by Gasteiger charge is -2.15. The maximum absolute atomic E-state index is 13.4. The molecule has 0 aliphatic carbocycles. The molecule has 0 saturated heterocycles. The molecule has 174 valence electrons. The fraction of sp³-hybridized carbons (Fsp3) is 0.286. The molecule has 6 nitrogen and oxygen atoms in total. The monoisotopic (exact) mass is 454 g/mol. The van der Waals surface area contributed by atoms with E-state index in [1.807, 2.05) is 69.4 Å². The Balaban J connectivity index is 1.70. The van der Waals surface area contributed by atoms with Crippen LogP contribution in [-0.4, -0.2) is 19.5 Å². The van der Waals surface area contributed by atoms with Crippen molar-refractivity contribution in [3.63, 3.8) is 0 Å². The Labute approximate surface area is 200 Å². The molecule has 0 unspecified atom stereocenters. The fourth-order valence-corrected chi connectivity index (χ4v) is 3.90. The van der Waals surface area contributed by atoms with E-state index in [1.165, 1.54) is 0 Å². The van der Waals surface area contributed by atoms with Crippen LogP contribution >= 0.6 is 0 Å². The third-order valence-corrected chi connectivity index (χ3v) is 5.77. The topological polar surface area (TPSA) is 69.9 Å². The summed E-state index contributed by atoms with van der Waals surface area (Å²) in [4.78, 5) is 27.2. The van der Waals surface area contributed by atoms with E-state index in [0.717, 1.165) is 39.5 Å². The quantitative estimate of drug-likeness (QED) is 0.378. The average Bonchev–Trinajstić information content (AvgIpc) is 2.81. The molecule has 0 N–H and O–H groups in total. The molecule has 2 aromatic heterocycles. The minimum Gasteiger partial charge on any atom is -0.472 e. The van der Waals surface area contributed by atoms with Crippen LogP contribution in [-0.2, 0) is 6.61 Å². The molecule has 6 heteroatoms. The summed E-state index contributed by atoms with van der Waals surface area (Å²) in [6.07, 6.45) is 1.85. The summed E-state index contributed by atoms with van der Waals surface area (Å²) in [5.41, 5.74) is 6.06. The van der Waals surface area contributed by atoms with Crippen molar-refractivity contribution in [2.45, 2.75) is 54.1 Å². The molecule has 0 saturated carbocycles. The van der Waals surface area contributed by atoms with Crippen LogP contribution in [0.4, 0.5) is 0 Å². The molecule has 4 aromatic rings. The van der Waals surface area contributed by atoms with Crippen LogP contribution in [0.3, 0.4) is 0 Å². The lowest BCUT2D eigenvalue weighted by Crippen LogP contribution is -2.25. The van der Waals surface area contributed by atoms with Gasteiger partial charge in [0.1, 0.15) is 18.3 Å². The molecule has 0 bridgehead atoms. The van der Waals surface area contributed by atoms with Crippen LogP contribution in [0.1, 0.15) is 53.7 Å². The molecule has 0 radical (unpaired) electrons. The molecule has 2 heterocycles. The predicted molar refractivity (Wildman–Crippen MR) is 135 cm³/mol. The Morgan fingerprint density at radius 1 is 0.971 bits per heavy atom. The lowest BCUT2D eigenvalue weighted by atomic mass is 10.1. The Morgan fingerprint density at radius 2 is 1.74 bits per heavy atom. The van der Waals surface area contributed by atoms with E-state index >= 15 is 0 Å². The second kappa shape index (κ2) is 9.59. The van der Waals surface area contributed by atoms with Crippen LogP contribution in [0, 0.1) is 27.7 Å². The van der Waals surface area contributed by atoms with Gasteiger partial charge in [0, 0.05) is 17.7 Å². The third kappa shape index (κ3) is 4.76. The van der Waals surface area contributed by atoms with Crippen molar-refractivity contribution in [2.75, 3.05) is 0 Å². The summed E-state index contributed by atoms with van der Waals surface area (Å²) < 4.78 is 7.56. The highest BCUT2D eigenvalue weighted by Gasteiger charge is 2.16. The van der Waals surface area contributed by atoms with Crippen molar-refractivity contribution in [1.29, 1.82) is 0 Å². The molecule has 0 atom stereocenters. The van der Waals surface area contributed by atoms with E-state index in [0.29, 0.717) is 23.9 Å². The van der Waals surface area contributed by atoms with Crippen molar-refractivity contribution in [3.05, 3.63) is 99.0 Å². The summed E-state index contributed by atoms with van der Waals surface area (Å²) in [5, 5.41) is 0. The summed E-state index contributed by atoms with van der Waals surface area (Å²) >= 11 is 0. The van der Waals surface area contributed by atoms with Crippen molar-refractivity contribution >= 4 is 0 Å². The van der Waals surface area contributed by atoms with Crippen LogP contribution in [0.25, 0.3) is 16.9 Å². The van der Waals surface area contributed by atoms with E-state index in [4.69, 9.17) is 9.72 Å². The van der Waals surface area contributed by atoms with Gasteiger partial charge in [0.05, 0.1) is 16.9 Å². The minimum absolute atomic E-state index is 0.147. The first-order valence-electron chi connectivity index (χ1n) is 11.5. The number of benzene rings is 2. The molecular weight excluding hydrogens is 424 g/mol. The molecule has 0 fully saturated rings. The summed E-state index contributed by atoms with van der Waals surface area (Å²) in [5.74, 6) is 1.96. The van der Waals surface area contributed by atoms with Gasteiger partial charge in [0.25, 0.3) is 5.56 Å². The number of hydrogen-bond acceptors (Lipinski definition) is 5. The van der Waals surface area contributed by atoms with Gasteiger partial charge in [-0.25, -0.2) is 9.97 Å². The van der Waals surface area contributed by atoms with Crippen molar-refractivity contribution in [3.8, 4) is 22.8 Å². The molecule has 0 amide bonds. The normalized spacial score (nSPS) is 11.1. The zero-order valence-corrected chi connectivity index (χ0v) is 20.6. The fourth-order valence-electron chi connectivity index (χ4n) is 3.90. The van der Waals surface area contributed by atoms with Gasteiger partial charge in [-0.2, -0.15) is 4.98 Å². The van der Waals surface area contributed by atoms with Gasteiger partial charge >= 0.3 is 0 Å². The van der Waals surface area contributed by atoms with E-state index in [-0.39, 0.29) is 11.5 Å². The van der Waals surface area contributed by atoms with Gasteiger partial charge in [-0.3, -0.25) is 9.36 Å². The number of hydrogen-bond donors (Lipinski definition) is 0. The van der Waals surface area contributed by atoms with Crippen molar-refractivity contribution in [1.82, 2.24) is 19.5 Å². The van der Waals surface area contributed by atoms with Gasteiger partial charge in [0.2, 0.25) is 5.88 Å². The average molecular weight is 455 g/mol. The molecule has 0 aliphatic heterocycles. The van der Waals surface area contributed by atoms with Crippen LogP contribution in [0.15, 0.2) is 59.5 Å². The highest BCUT2D eigenvalue weighted by Crippen LogP contribution is 2.25. The van der Waals surface area contributed by atoms with E-state index in [9.17, 15) is 4.79 Å². The molecule has 34 heavy (non-hydrogen) atoms. The van der Waals surface area contributed by atoms with Crippen molar-refractivity contribution in [2.24, 2.45) is 0 Å². The minimum atomic E-state index is -0.147. The van der Waals surface area contributed by atoms with Gasteiger partial charge in [0.15, 0.2) is 0 Å². The van der Waals surface area contributed by atoms with Crippen LogP contribution in [0.2, 0.25) is 0 Å². The molecular formula is C28H30N4O2. The molecule has 4 rings (SSSR count). The first kappa shape index (κ1) is 23.4. The number of ether oxygens (including phenoxy) is 1. The number of rotatable bonds is 6. The van der Waals surface area contributed by atoms with Gasteiger partial charge < -0.3 is 4.74 Å². The second-order valence-electron chi connectivity index (χ2n) is 8.97. The van der Waals surface area contributed by atoms with Gasteiger partial charge in [-0.05, 0) is 51.0 Å². The summed E-state index contributed by atoms with van der Waals surface area (Å²) in [6, 6.07) is 15.9. The number of aromatic nitrogens is 4. The zero-order valence-electron chi connectivity index (χ0n) is 20.6. The lowest BCUT2D eigenvalue weighted by molar-refractivity contribution is 0.289. The van der Waals surface area contributed by atoms with Gasteiger partial charge in [-0.15, -0.1) is 0 Å². The number of aryl methyl sites for hydroxylation is 3. The van der Waals surface area contributed by atoms with Gasteiger partial charge in [-0.1, -0.05) is 55.8 Å². The first-order chi connectivity index (χ1) is 16.2. The Bertz CT molecular complexity index is 1410. The molecule has 2 aromatic carbocycles. The molecule has 0 spiro atoms. The summed E-state index contributed by atoms with van der Waals surface area (Å²) in [7, 11) is 0. The highest BCUT2D eigenvalue weighted by atomic mass is 16.5. The highest BCUT2D eigenvalue weighted by molar-refractivity contribution is 5.65. The maximum atomic E-state index is 13.4. The Morgan fingerprint density at radius 3 is 2.47 bits per heavy atom. The summed E-state index contributed by atoms with van der Waals surface area (Å²) in [6.45, 7) is 12.1. The van der Waals surface area contributed by atoms with E-state index in [2.05, 4.69) is 29.9 Å². The molecule has 0 aliphatic rings. The predicted octanol–water partition coefficient (Wildman–Crippen LogP) is 5.63. The van der Waals surface area contributed by atoms with Crippen molar-refractivity contribution < 1.29 is 4.74 Å². The maximum Gasteiger partial charge on any atom is 0.264 e. The Hall–Kier alpha value is -3.80. The third-order valence-electron chi connectivity index (χ3n) is 5.77. The standard InChI is InChI=1S/C28H30N4O2/c1-17(2)26-29-15-19(4)25(31-26)23-11-8-12-24(14-23)32-21(6)30-27(20(5)28(32)33)34-16-22-10-7-9-18(3)13-22/h7-15,17H,16H2,1-6H3. The van der Waals surface area contributed by atoms with E-state index in [1.54, 1.807) is 11.5 Å². The van der Waals surface area contributed by atoms with Crippen LogP contribution < -0.4 is 10.3 Å². The Kier molecular flexibility index (Phi) is 6.59. The smallest absolute Gasteiger partial charge is 0.264 e. The zero-order chi connectivity index (χ0) is 24.4. The van der Waals surface area contributed by atoms with E-state index < -0.39 is 0 Å². The van der Waals surface area contributed by atoms with Crippen LogP contribution in [0.5, 0.6) is 5.88 Å². The largest absolute Gasteiger partial charge is 0.472 e. The number of nitrogens with zero attached hydrogens (tertiary/aromatic N) is 4. The second-order valence-corrected chi connectivity index (χ2v) is 8.97. The first-order valence-corrected chi connectivity index (χ1v) is 11.5. The SMILES string of the molecule is Cc1cccc(COc2nc(C)n(-c3cccc(-c4nc(C(C)C)ncc4C)c3)c(=O)c2C)c1.